The van der Waals surface area contributed by atoms with Gasteiger partial charge in [-0.2, -0.15) is 0 Å². The molecule has 0 aliphatic carbocycles. The topological polar surface area (TPSA) is 81.9 Å². The molecule has 1 heterocycles. The van der Waals surface area contributed by atoms with Crippen LogP contribution in [-0.4, -0.2) is 43.3 Å². The molecule has 0 amide bonds. The summed E-state index contributed by atoms with van der Waals surface area (Å²) in [6.45, 7) is 5.20. The zero-order chi connectivity index (χ0) is 16.4. The number of benzene rings is 1. The second kappa shape index (κ2) is 6.62. The minimum Gasteiger partial charge on any atom is -0.465 e. The van der Waals surface area contributed by atoms with Crippen LogP contribution in [0, 0.1) is 10.1 Å². The zero-order valence-electron chi connectivity index (χ0n) is 12.5. The molecule has 0 N–H and O–H groups in total. The number of halogens is 1. The molecular formula is C14H17BrN2O5. The third-order valence-corrected chi connectivity index (χ3v) is 4.06. The highest BCUT2D eigenvalue weighted by molar-refractivity contribution is 9.10. The van der Waals surface area contributed by atoms with Crippen LogP contribution < -0.4 is 4.90 Å². The maximum absolute atomic E-state index is 11.8. The van der Waals surface area contributed by atoms with E-state index in [1.807, 2.05) is 18.7 Å². The minimum absolute atomic E-state index is 0.0346. The van der Waals surface area contributed by atoms with E-state index in [-0.39, 0.29) is 23.5 Å². The van der Waals surface area contributed by atoms with Gasteiger partial charge in [0.2, 0.25) is 0 Å². The van der Waals surface area contributed by atoms with Gasteiger partial charge in [-0.15, -0.1) is 0 Å². The number of carbonyl (C=O) groups excluding carboxylic acids is 1. The summed E-state index contributed by atoms with van der Waals surface area (Å²) in [5.74, 6) is -0.727. The molecule has 1 aromatic carbocycles. The summed E-state index contributed by atoms with van der Waals surface area (Å²) in [7, 11) is 1.20. The van der Waals surface area contributed by atoms with Gasteiger partial charge in [-0.3, -0.25) is 10.1 Å². The van der Waals surface area contributed by atoms with Gasteiger partial charge in [0.05, 0.1) is 29.9 Å². The number of nitrogens with zero attached hydrogens (tertiary/aromatic N) is 2. The lowest BCUT2D eigenvalue weighted by Crippen LogP contribution is -2.45. The zero-order valence-corrected chi connectivity index (χ0v) is 14.1. The molecule has 0 spiro atoms. The van der Waals surface area contributed by atoms with Crippen LogP contribution in [0.3, 0.4) is 0 Å². The normalized spacial score (nSPS) is 21.5. The SMILES string of the molecule is COC(=O)c1cc(N2C[C@@H](C)O[C@@H](C)C2)c(Br)cc1[N+](=O)[O-]. The molecule has 120 valence electrons. The molecule has 8 heteroatoms. The van der Waals surface area contributed by atoms with Crippen LogP contribution in [0.2, 0.25) is 0 Å². The van der Waals surface area contributed by atoms with Crippen molar-refractivity contribution in [1.29, 1.82) is 0 Å². The van der Waals surface area contributed by atoms with Crippen LogP contribution in [0.15, 0.2) is 16.6 Å². The lowest BCUT2D eigenvalue weighted by Gasteiger charge is -2.37. The molecule has 0 saturated carbocycles. The van der Waals surface area contributed by atoms with Crippen molar-refractivity contribution in [3.63, 3.8) is 0 Å². The minimum atomic E-state index is -0.727. The summed E-state index contributed by atoms with van der Waals surface area (Å²) in [5, 5.41) is 11.1. The molecule has 22 heavy (non-hydrogen) atoms. The lowest BCUT2D eigenvalue weighted by atomic mass is 10.1. The number of morpholine rings is 1. The molecule has 0 bridgehead atoms. The van der Waals surface area contributed by atoms with E-state index in [0.717, 1.165) is 0 Å². The van der Waals surface area contributed by atoms with Crippen LogP contribution >= 0.6 is 15.9 Å². The predicted octanol–water partition coefficient (Wildman–Crippen LogP) is 2.76. The second-order valence-electron chi connectivity index (χ2n) is 5.23. The highest BCUT2D eigenvalue weighted by Gasteiger charge is 2.28. The van der Waals surface area contributed by atoms with E-state index < -0.39 is 10.9 Å². The van der Waals surface area contributed by atoms with Gasteiger partial charge in [0.15, 0.2) is 0 Å². The summed E-state index contributed by atoms with van der Waals surface area (Å²) >= 11 is 3.36. The monoisotopic (exact) mass is 372 g/mol. The Morgan fingerprint density at radius 3 is 2.50 bits per heavy atom. The van der Waals surface area contributed by atoms with Crippen molar-refractivity contribution >= 4 is 33.3 Å². The van der Waals surface area contributed by atoms with Gasteiger partial charge in [0.25, 0.3) is 5.69 Å². The number of ether oxygens (including phenoxy) is 2. The average Bonchev–Trinajstić information content (AvgIpc) is 2.44. The molecule has 1 saturated heterocycles. The Balaban J connectivity index is 2.48. The van der Waals surface area contributed by atoms with Crippen LogP contribution in [0.5, 0.6) is 0 Å². The number of hydrogen-bond donors (Lipinski definition) is 0. The summed E-state index contributed by atoms with van der Waals surface area (Å²) in [6, 6.07) is 2.84. The van der Waals surface area contributed by atoms with Gasteiger partial charge in [0.1, 0.15) is 5.56 Å². The molecule has 1 fully saturated rings. The summed E-state index contributed by atoms with van der Waals surface area (Å²) < 4.78 is 10.9. The average molecular weight is 373 g/mol. The van der Waals surface area contributed by atoms with Crippen LogP contribution in [-0.2, 0) is 9.47 Å². The first-order valence-electron chi connectivity index (χ1n) is 6.80. The van der Waals surface area contributed by atoms with Crippen molar-refractivity contribution < 1.29 is 19.2 Å². The Labute approximate surface area is 136 Å². The number of carbonyl (C=O) groups is 1. The van der Waals surface area contributed by atoms with E-state index in [4.69, 9.17) is 4.74 Å². The standard InChI is InChI=1S/C14H17BrN2O5/c1-8-6-16(7-9(2)22-8)13-4-10(14(18)21-3)12(17(19)20)5-11(13)15/h4-5,8-9H,6-7H2,1-3H3/t8-,9+. The number of anilines is 1. The molecule has 1 aliphatic heterocycles. The van der Waals surface area contributed by atoms with Crippen molar-refractivity contribution in [2.24, 2.45) is 0 Å². The van der Waals surface area contributed by atoms with Crippen molar-refractivity contribution in [2.75, 3.05) is 25.1 Å². The Morgan fingerprint density at radius 2 is 2.00 bits per heavy atom. The number of rotatable bonds is 3. The maximum Gasteiger partial charge on any atom is 0.344 e. The van der Waals surface area contributed by atoms with E-state index >= 15 is 0 Å². The Hall–Kier alpha value is -1.67. The second-order valence-corrected chi connectivity index (χ2v) is 6.09. The molecule has 0 unspecified atom stereocenters. The summed E-state index contributed by atoms with van der Waals surface area (Å²) in [5.41, 5.74) is 0.377. The maximum atomic E-state index is 11.8. The molecule has 1 aromatic rings. The van der Waals surface area contributed by atoms with E-state index in [1.54, 1.807) is 0 Å². The van der Waals surface area contributed by atoms with Crippen molar-refractivity contribution in [3.05, 3.63) is 32.3 Å². The molecule has 2 atom stereocenters. The Bertz CT molecular complexity index is 597. The van der Waals surface area contributed by atoms with Gasteiger partial charge < -0.3 is 14.4 Å². The van der Waals surface area contributed by atoms with Gasteiger partial charge in [-0.25, -0.2) is 4.79 Å². The third kappa shape index (κ3) is 3.38. The van der Waals surface area contributed by atoms with Gasteiger partial charge >= 0.3 is 5.97 Å². The molecule has 7 nitrogen and oxygen atoms in total. The largest absolute Gasteiger partial charge is 0.465 e. The van der Waals surface area contributed by atoms with E-state index in [2.05, 4.69) is 20.7 Å². The van der Waals surface area contributed by atoms with Crippen molar-refractivity contribution in [3.8, 4) is 0 Å². The van der Waals surface area contributed by atoms with E-state index in [1.165, 1.54) is 19.2 Å². The van der Waals surface area contributed by atoms with Gasteiger partial charge in [0, 0.05) is 23.6 Å². The highest BCUT2D eigenvalue weighted by Crippen LogP contribution is 2.35. The van der Waals surface area contributed by atoms with Crippen molar-refractivity contribution in [1.82, 2.24) is 0 Å². The Kier molecular flexibility index (Phi) is 5.02. The molecule has 2 rings (SSSR count). The smallest absolute Gasteiger partial charge is 0.344 e. The first-order chi connectivity index (χ1) is 10.3. The predicted molar refractivity (Wildman–Crippen MR) is 84.4 cm³/mol. The number of nitro groups is 1. The fourth-order valence-corrected chi connectivity index (χ4v) is 3.17. The van der Waals surface area contributed by atoms with Gasteiger partial charge in [-0.05, 0) is 35.8 Å². The number of hydrogen-bond acceptors (Lipinski definition) is 6. The van der Waals surface area contributed by atoms with Crippen molar-refractivity contribution in [2.45, 2.75) is 26.1 Å². The van der Waals surface area contributed by atoms with Gasteiger partial charge in [-0.1, -0.05) is 0 Å². The van der Waals surface area contributed by atoms with E-state index in [9.17, 15) is 14.9 Å². The quantitative estimate of drug-likeness (QED) is 0.460. The summed E-state index contributed by atoms with van der Waals surface area (Å²) in [6.07, 6.45) is 0.0693. The fraction of sp³-hybridized carbons (Fsp3) is 0.500. The number of methoxy groups -OCH3 is 1. The first-order valence-corrected chi connectivity index (χ1v) is 7.59. The molecule has 1 aliphatic rings. The Morgan fingerprint density at radius 1 is 1.41 bits per heavy atom. The summed E-state index contributed by atoms with van der Waals surface area (Å²) in [4.78, 5) is 24.4. The van der Waals surface area contributed by atoms with E-state index in [0.29, 0.717) is 23.2 Å². The van der Waals surface area contributed by atoms with Crippen LogP contribution in [0.25, 0.3) is 0 Å². The molecular weight excluding hydrogens is 356 g/mol. The van der Waals surface area contributed by atoms with Crippen LogP contribution in [0.4, 0.5) is 11.4 Å². The third-order valence-electron chi connectivity index (χ3n) is 3.43. The first kappa shape index (κ1) is 16.7. The lowest BCUT2D eigenvalue weighted by molar-refractivity contribution is -0.385. The number of esters is 1. The molecule has 0 aromatic heterocycles. The highest BCUT2D eigenvalue weighted by atomic mass is 79.9. The molecule has 0 radical (unpaired) electrons. The number of nitro benzene ring substituents is 1. The fourth-order valence-electron chi connectivity index (χ4n) is 2.59. The van der Waals surface area contributed by atoms with Crippen LogP contribution in [0.1, 0.15) is 24.2 Å².